The molecule has 6 nitrogen and oxygen atoms in total. The van der Waals surface area contributed by atoms with Gasteiger partial charge in [-0.3, -0.25) is 0 Å². The maximum absolute atomic E-state index is 6.52. The fraction of sp³-hybridized carbons (Fsp3) is 0. The molecule has 266 valence electrons. The first-order valence-corrected chi connectivity index (χ1v) is 19.0. The van der Waals surface area contributed by atoms with Crippen LogP contribution in [0.2, 0.25) is 0 Å². The van der Waals surface area contributed by atoms with E-state index < -0.39 is 0 Å². The summed E-state index contributed by atoms with van der Waals surface area (Å²) in [5, 5.41) is 6.66. The molecular weight excluding hydrogens is 701 g/mol. The monoisotopic (exact) mass is 730 g/mol. The predicted molar refractivity (Wildman–Crippen MR) is 230 cm³/mol. The van der Waals surface area contributed by atoms with E-state index >= 15 is 0 Å². The Balaban J connectivity index is 1.01. The molecular formula is C51H30N4O2. The largest absolute Gasteiger partial charge is 0.456 e. The van der Waals surface area contributed by atoms with E-state index in [-0.39, 0.29) is 0 Å². The van der Waals surface area contributed by atoms with Gasteiger partial charge in [-0.05, 0) is 71.8 Å². The molecule has 12 rings (SSSR count). The van der Waals surface area contributed by atoms with E-state index in [4.69, 9.17) is 23.8 Å². The Kier molecular flexibility index (Phi) is 6.83. The van der Waals surface area contributed by atoms with E-state index in [0.717, 1.165) is 88.4 Å². The average molecular weight is 731 g/mol. The minimum absolute atomic E-state index is 0.573. The van der Waals surface area contributed by atoms with Crippen molar-refractivity contribution in [3.05, 3.63) is 182 Å². The van der Waals surface area contributed by atoms with Crippen LogP contribution in [-0.4, -0.2) is 19.5 Å². The highest BCUT2D eigenvalue weighted by Crippen LogP contribution is 2.40. The van der Waals surface area contributed by atoms with E-state index in [1.807, 2.05) is 60.7 Å². The summed E-state index contributed by atoms with van der Waals surface area (Å²) in [6, 6.07) is 62.7. The number of benzene rings is 8. The van der Waals surface area contributed by atoms with E-state index in [1.165, 1.54) is 10.8 Å². The molecule has 4 aromatic heterocycles. The van der Waals surface area contributed by atoms with Crippen LogP contribution in [0.1, 0.15) is 0 Å². The van der Waals surface area contributed by atoms with Gasteiger partial charge < -0.3 is 13.4 Å². The summed E-state index contributed by atoms with van der Waals surface area (Å²) in [4.78, 5) is 15.3. The zero-order valence-electron chi connectivity index (χ0n) is 30.4. The summed E-state index contributed by atoms with van der Waals surface area (Å²) < 4.78 is 15.0. The summed E-state index contributed by atoms with van der Waals surface area (Å²) in [5.74, 6) is 1.78. The molecule has 0 radical (unpaired) electrons. The van der Waals surface area contributed by atoms with Crippen LogP contribution >= 0.6 is 0 Å². The van der Waals surface area contributed by atoms with E-state index in [0.29, 0.717) is 17.5 Å². The molecule has 0 aliphatic rings. The lowest BCUT2D eigenvalue weighted by atomic mass is 9.98. The Labute approximate surface area is 325 Å². The van der Waals surface area contributed by atoms with Gasteiger partial charge in [0.1, 0.15) is 22.3 Å². The number of nitrogens with zero attached hydrogens (tertiary/aromatic N) is 4. The molecule has 0 saturated heterocycles. The third-order valence-corrected chi connectivity index (χ3v) is 11.1. The molecule has 0 aliphatic carbocycles. The standard InChI is InChI=1S/C51H30N4O2/c1-3-12-31(13-4-1)49-52-50(33-22-25-38-37-16-7-9-19-42(37)55(43(38)29-33)35-14-5-2-6-15-35)54-51(53-49)34-23-26-39-41-28-32(24-27-45(41)57-47(39)30-34)36-18-11-21-46-48(36)40-17-8-10-20-44(40)56-46/h1-30H. The second-order valence-electron chi connectivity index (χ2n) is 14.4. The van der Waals surface area contributed by atoms with Crippen molar-refractivity contribution in [2.24, 2.45) is 0 Å². The highest BCUT2D eigenvalue weighted by molar-refractivity contribution is 6.14. The molecule has 57 heavy (non-hydrogen) atoms. The van der Waals surface area contributed by atoms with Gasteiger partial charge in [-0.1, -0.05) is 121 Å². The molecule has 0 aliphatic heterocycles. The van der Waals surface area contributed by atoms with Gasteiger partial charge in [-0.25, -0.2) is 15.0 Å². The lowest BCUT2D eigenvalue weighted by molar-refractivity contribution is 0.669. The fourth-order valence-electron chi connectivity index (χ4n) is 8.41. The van der Waals surface area contributed by atoms with Gasteiger partial charge in [-0.15, -0.1) is 0 Å². The Morgan fingerprint density at radius 3 is 1.75 bits per heavy atom. The number of rotatable bonds is 5. The normalized spacial score (nSPS) is 11.9. The van der Waals surface area contributed by atoms with Crippen molar-refractivity contribution in [1.82, 2.24) is 19.5 Å². The number of hydrogen-bond acceptors (Lipinski definition) is 5. The first-order chi connectivity index (χ1) is 28.2. The Hall–Kier alpha value is -7.83. The van der Waals surface area contributed by atoms with Gasteiger partial charge in [0.25, 0.3) is 0 Å². The van der Waals surface area contributed by atoms with Crippen LogP contribution in [0.15, 0.2) is 191 Å². The third kappa shape index (κ3) is 5.01. The molecule has 0 spiro atoms. The number of aromatic nitrogens is 4. The van der Waals surface area contributed by atoms with E-state index in [2.05, 4.69) is 126 Å². The van der Waals surface area contributed by atoms with Crippen molar-refractivity contribution in [1.29, 1.82) is 0 Å². The minimum Gasteiger partial charge on any atom is -0.456 e. The Morgan fingerprint density at radius 1 is 0.333 bits per heavy atom. The number of fused-ring (bicyclic) bond motifs is 9. The van der Waals surface area contributed by atoms with E-state index in [1.54, 1.807) is 0 Å². The lowest BCUT2D eigenvalue weighted by Gasteiger charge is -2.10. The van der Waals surface area contributed by atoms with Crippen LogP contribution in [0.4, 0.5) is 0 Å². The van der Waals surface area contributed by atoms with Crippen LogP contribution in [-0.2, 0) is 0 Å². The Morgan fingerprint density at radius 2 is 0.930 bits per heavy atom. The maximum atomic E-state index is 6.52. The molecule has 0 atom stereocenters. The zero-order valence-corrected chi connectivity index (χ0v) is 30.4. The summed E-state index contributed by atoms with van der Waals surface area (Å²) in [6.07, 6.45) is 0. The van der Waals surface area contributed by atoms with Gasteiger partial charge in [0.05, 0.1) is 11.0 Å². The fourth-order valence-corrected chi connectivity index (χ4v) is 8.41. The smallest absolute Gasteiger partial charge is 0.164 e. The van der Waals surface area contributed by atoms with Gasteiger partial charge >= 0.3 is 0 Å². The molecule has 0 fully saturated rings. The molecule has 0 amide bonds. The van der Waals surface area contributed by atoms with Crippen LogP contribution in [0, 0.1) is 0 Å². The van der Waals surface area contributed by atoms with Crippen molar-refractivity contribution >= 4 is 65.7 Å². The first kappa shape index (κ1) is 31.5. The number of furan rings is 2. The summed E-state index contributed by atoms with van der Waals surface area (Å²) in [6.45, 7) is 0. The minimum atomic E-state index is 0.573. The quantitative estimate of drug-likeness (QED) is 0.176. The zero-order chi connectivity index (χ0) is 37.5. The van der Waals surface area contributed by atoms with Gasteiger partial charge in [0.2, 0.25) is 0 Å². The first-order valence-electron chi connectivity index (χ1n) is 19.0. The highest BCUT2D eigenvalue weighted by atomic mass is 16.3. The van der Waals surface area contributed by atoms with Crippen LogP contribution in [0.5, 0.6) is 0 Å². The molecule has 0 unspecified atom stereocenters. The van der Waals surface area contributed by atoms with Crippen molar-refractivity contribution in [2.45, 2.75) is 0 Å². The van der Waals surface area contributed by atoms with Crippen molar-refractivity contribution < 1.29 is 8.83 Å². The molecule has 6 heteroatoms. The molecule has 8 aromatic carbocycles. The Bertz CT molecular complexity index is 3530. The third-order valence-electron chi connectivity index (χ3n) is 11.1. The van der Waals surface area contributed by atoms with Gasteiger partial charge in [0, 0.05) is 54.7 Å². The van der Waals surface area contributed by atoms with Crippen LogP contribution in [0.25, 0.3) is 117 Å². The highest BCUT2D eigenvalue weighted by Gasteiger charge is 2.19. The summed E-state index contributed by atoms with van der Waals surface area (Å²) >= 11 is 0. The SMILES string of the molecule is c1ccc(-c2nc(-c3ccc4c(c3)oc3ccc(-c5cccc6oc7ccccc7c56)cc34)nc(-c3ccc4c5ccccc5n(-c5ccccc5)c4c3)n2)cc1. The molecule has 0 bridgehead atoms. The topological polar surface area (TPSA) is 69.9 Å². The molecule has 0 saturated carbocycles. The summed E-state index contributed by atoms with van der Waals surface area (Å²) in [5.41, 5.74) is 11.6. The van der Waals surface area contributed by atoms with Crippen LogP contribution < -0.4 is 0 Å². The van der Waals surface area contributed by atoms with Crippen molar-refractivity contribution in [3.8, 4) is 51.0 Å². The predicted octanol–water partition coefficient (Wildman–Crippen LogP) is 13.4. The summed E-state index contributed by atoms with van der Waals surface area (Å²) in [7, 11) is 0. The second kappa shape index (κ2) is 12.3. The van der Waals surface area contributed by atoms with Gasteiger partial charge in [-0.2, -0.15) is 0 Å². The molecule has 4 heterocycles. The van der Waals surface area contributed by atoms with Crippen molar-refractivity contribution in [2.75, 3.05) is 0 Å². The van der Waals surface area contributed by atoms with Gasteiger partial charge in [0.15, 0.2) is 17.5 Å². The lowest BCUT2D eigenvalue weighted by Crippen LogP contribution is -2.00. The van der Waals surface area contributed by atoms with Crippen molar-refractivity contribution in [3.63, 3.8) is 0 Å². The second-order valence-corrected chi connectivity index (χ2v) is 14.4. The average Bonchev–Trinajstić information content (AvgIpc) is 3.95. The molecule has 12 aromatic rings. The number of hydrogen-bond donors (Lipinski definition) is 0. The van der Waals surface area contributed by atoms with E-state index in [9.17, 15) is 0 Å². The number of para-hydroxylation sites is 3. The van der Waals surface area contributed by atoms with Crippen LogP contribution in [0.3, 0.4) is 0 Å². The maximum Gasteiger partial charge on any atom is 0.164 e. The molecule has 0 N–H and O–H groups in total.